The maximum Gasteiger partial charge on any atom is 0.313 e. The molecule has 0 unspecified atom stereocenters. The van der Waals surface area contributed by atoms with Crippen molar-refractivity contribution in [2.75, 3.05) is 26.2 Å². The second-order valence-corrected chi connectivity index (χ2v) is 10.6. The summed E-state index contributed by atoms with van der Waals surface area (Å²) in [6, 6.07) is -1.02. The van der Waals surface area contributed by atoms with Crippen LogP contribution in [-0.4, -0.2) is 94.2 Å². The van der Waals surface area contributed by atoms with E-state index in [9.17, 15) is 24.3 Å². The summed E-state index contributed by atoms with van der Waals surface area (Å²) in [6.45, 7) is 7.54. The summed E-state index contributed by atoms with van der Waals surface area (Å²) in [4.78, 5) is 56.2. The van der Waals surface area contributed by atoms with Crippen LogP contribution in [0.3, 0.4) is 0 Å². The van der Waals surface area contributed by atoms with E-state index in [2.05, 4.69) is 5.32 Å². The normalized spacial score (nSPS) is 36.9. The molecule has 4 rings (SSSR count). The Morgan fingerprint density at radius 2 is 1.91 bits per heavy atom. The zero-order valence-electron chi connectivity index (χ0n) is 20.7. The molecule has 6 atom stereocenters. The van der Waals surface area contributed by atoms with Gasteiger partial charge in [0.2, 0.25) is 17.7 Å². The van der Waals surface area contributed by atoms with Gasteiger partial charge >= 0.3 is 5.97 Å². The molecule has 0 saturated carbocycles. The van der Waals surface area contributed by atoms with Crippen LogP contribution in [0.15, 0.2) is 24.3 Å². The zero-order chi connectivity index (χ0) is 25.5. The number of allylic oxidation sites excluding steroid dienone is 1. The van der Waals surface area contributed by atoms with Crippen molar-refractivity contribution in [3.8, 4) is 0 Å². The number of aliphatic hydroxyl groups is 1. The molecule has 2 fully saturated rings. The van der Waals surface area contributed by atoms with Crippen molar-refractivity contribution < 1.29 is 33.8 Å². The van der Waals surface area contributed by atoms with E-state index in [1.54, 1.807) is 30.1 Å². The van der Waals surface area contributed by atoms with Crippen LogP contribution in [0.4, 0.5) is 0 Å². The summed E-state index contributed by atoms with van der Waals surface area (Å²) < 4.78 is 12.1. The van der Waals surface area contributed by atoms with E-state index >= 15 is 0 Å². The molecule has 0 radical (unpaired) electrons. The standard InChI is InChI=1S/C25H35N3O7/c1-15-14-26-17(30)9-6-5-8-16-18(23(33)34-15)19-21(31)27(12-13-29)20-22(32)28(24(2,3)4)11-7-10-25(19,20)35-16/h5,7-8,10,15-16,18-20,29H,6,9,11-14H2,1-4H3,(H,26,30)/b8-5-/t15-,16-,18+,19+,20-,25+/m1/s1. The number of cyclic esters (lactones) is 1. The van der Waals surface area contributed by atoms with Gasteiger partial charge in [-0.15, -0.1) is 0 Å². The molecule has 4 aliphatic rings. The van der Waals surface area contributed by atoms with Crippen molar-refractivity contribution >= 4 is 23.7 Å². The monoisotopic (exact) mass is 489 g/mol. The van der Waals surface area contributed by atoms with E-state index in [4.69, 9.17) is 9.47 Å². The van der Waals surface area contributed by atoms with Crippen molar-refractivity contribution in [2.24, 2.45) is 11.8 Å². The molecule has 2 saturated heterocycles. The molecule has 0 aliphatic carbocycles. The van der Waals surface area contributed by atoms with Crippen molar-refractivity contribution in [1.29, 1.82) is 0 Å². The molecule has 0 aromatic carbocycles. The molecular formula is C25H35N3O7. The maximum atomic E-state index is 13.9. The number of nitrogens with one attached hydrogen (secondary N) is 1. The fourth-order valence-corrected chi connectivity index (χ4v) is 5.61. The van der Waals surface area contributed by atoms with Gasteiger partial charge in [-0.25, -0.2) is 0 Å². The number of fused-ring (bicyclic) bond motifs is 2. The highest BCUT2D eigenvalue weighted by atomic mass is 16.6. The van der Waals surface area contributed by atoms with Gasteiger partial charge in [-0.05, 0) is 34.1 Å². The summed E-state index contributed by atoms with van der Waals surface area (Å²) in [7, 11) is 0. The summed E-state index contributed by atoms with van der Waals surface area (Å²) in [6.07, 6.45) is 6.35. The molecule has 0 aromatic heterocycles. The molecule has 2 N–H and O–H groups in total. The Morgan fingerprint density at radius 3 is 2.60 bits per heavy atom. The van der Waals surface area contributed by atoms with Gasteiger partial charge in [-0.2, -0.15) is 0 Å². The topological polar surface area (TPSA) is 125 Å². The largest absolute Gasteiger partial charge is 0.460 e. The second-order valence-electron chi connectivity index (χ2n) is 10.6. The number of β-amino-alcohol motifs (C(OH)–C–C–N with tert-alkyl or cyclic N) is 1. The lowest BCUT2D eigenvalue weighted by Crippen LogP contribution is -2.58. The van der Waals surface area contributed by atoms with Gasteiger partial charge in [0.25, 0.3) is 0 Å². The smallest absolute Gasteiger partial charge is 0.313 e. The summed E-state index contributed by atoms with van der Waals surface area (Å²) in [5.74, 6) is -3.41. The number of esters is 1. The molecular weight excluding hydrogens is 454 g/mol. The highest BCUT2D eigenvalue weighted by Crippen LogP contribution is 2.53. The van der Waals surface area contributed by atoms with E-state index in [0.29, 0.717) is 13.0 Å². The average molecular weight is 490 g/mol. The number of aliphatic hydroxyl groups excluding tert-OH is 1. The van der Waals surface area contributed by atoms with Gasteiger partial charge in [0, 0.05) is 25.0 Å². The number of amides is 3. The molecule has 1 spiro atoms. The first-order valence-corrected chi connectivity index (χ1v) is 12.2. The fourth-order valence-electron chi connectivity index (χ4n) is 5.61. The van der Waals surface area contributed by atoms with Crippen molar-refractivity contribution in [2.45, 2.75) is 69.9 Å². The Kier molecular flexibility index (Phi) is 6.80. The minimum absolute atomic E-state index is 0.0482. The number of rotatable bonds is 2. The number of carbonyl (C=O) groups excluding carboxylic acids is 4. The first kappa shape index (κ1) is 25.4. The van der Waals surface area contributed by atoms with Crippen LogP contribution in [-0.2, 0) is 28.7 Å². The Hall–Kier alpha value is -2.72. The third kappa shape index (κ3) is 4.38. The average Bonchev–Trinajstić information content (AvgIpc) is 3.14. The highest BCUT2D eigenvalue weighted by Gasteiger charge is 2.72. The van der Waals surface area contributed by atoms with Crippen LogP contribution >= 0.6 is 0 Å². The summed E-state index contributed by atoms with van der Waals surface area (Å²) >= 11 is 0. The lowest BCUT2D eigenvalue weighted by atomic mass is 9.77. The molecule has 4 aliphatic heterocycles. The molecule has 3 amide bonds. The molecule has 10 heteroatoms. The van der Waals surface area contributed by atoms with E-state index < -0.39 is 53.1 Å². The van der Waals surface area contributed by atoms with Gasteiger partial charge in [-0.1, -0.05) is 24.3 Å². The van der Waals surface area contributed by atoms with Crippen molar-refractivity contribution in [1.82, 2.24) is 15.1 Å². The molecule has 192 valence electrons. The van der Waals surface area contributed by atoms with Crippen molar-refractivity contribution in [3.63, 3.8) is 0 Å². The zero-order valence-corrected chi connectivity index (χ0v) is 20.7. The first-order chi connectivity index (χ1) is 16.5. The van der Waals surface area contributed by atoms with Gasteiger partial charge in [0.05, 0.1) is 25.2 Å². The summed E-state index contributed by atoms with van der Waals surface area (Å²) in [5, 5.41) is 12.5. The first-order valence-electron chi connectivity index (χ1n) is 12.2. The predicted octanol–water partition coefficient (Wildman–Crippen LogP) is 0.154. The van der Waals surface area contributed by atoms with Crippen LogP contribution in [0.25, 0.3) is 0 Å². The fraction of sp³-hybridized carbons (Fsp3) is 0.680. The molecule has 4 heterocycles. The third-order valence-electron chi connectivity index (χ3n) is 7.18. The number of carbonyl (C=O) groups is 4. The SMILES string of the molecule is C[C@@H]1CNC(=O)CC/C=C\[C@H]2O[C@]34C=CCN(C(C)(C)C)C(=O)[C@H]3N(CCO)C(=O)[C@@H]4[C@H]2C(=O)O1. The Morgan fingerprint density at radius 1 is 1.17 bits per heavy atom. The number of likely N-dealkylation sites (tertiary alicyclic amines) is 1. The molecule has 10 nitrogen and oxygen atoms in total. The van der Waals surface area contributed by atoms with E-state index in [1.165, 1.54) is 4.90 Å². The van der Waals surface area contributed by atoms with E-state index in [1.807, 2.05) is 26.8 Å². The number of ether oxygens (including phenoxy) is 2. The number of nitrogens with zero attached hydrogens (tertiary/aromatic N) is 2. The van der Waals surface area contributed by atoms with Crippen LogP contribution in [0.1, 0.15) is 40.5 Å². The van der Waals surface area contributed by atoms with E-state index in [0.717, 1.165) is 0 Å². The van der Waals surface area contributed by atoms with Crippen LogP contribution < -0.4 is 5.32 Å². The third-order valence-corrected chi connectivity index (χ3v) is 7.18. The lowest BCUT2D eigenvalue weighted by Gasteiger charge is -2.40. The number of hydrogen-bond donors (Lipinski definition) is 2. The molecule has 0 bridgehead atoms. The van der Waals surface area contributed by atoms with Crippen LogP contribution in [0.2, 0.25) is 0 Å². The molecule has 0 aromatic rings. The Balaban J connectivity index is 1.80. The lowest BCUT2D eigenvalue weighted by molar-refractivity contribution is -0.159. The van der Waals surface area contributed by atoms with Gasteiger partial charge in [-0.3, -0.25) is 19.2 Å². The van der Waals surface area contributed by atoms with Crippen LogP contribution in [0, 0.1) is 11.8 Å². The molecule has 35 heavy (non-hydrogen) atoms. The summed E-state index contributed by atoms with van der Waals surface area (Å²) in [5.41, 5.74) is -1.89. The van der Waals surface area contributed by atoms with E-state index in [-0.39, 0.29) is 37.9 Å². The van der Waals surface area contributed by atoms with Gasteiger partial charge < -0.3 is 29.7 Å². The quantitative estimate of drug-likeness (QED) is 0.418. The highest BCUT2D eigenvalue weighted by molar-refractivity contribution is 5.99. The van der Waals surface area contributed by atoms with Crippen LogP contribution in [0.5, 0.6) is 0 Å². The Labute approximate surface area is 205 Å². The minimum Gasteiger partial charge on any atom is -0.460 e. The number of hydrogen-bond acceptors (Lipinski definition) is 7. The minimum atomic E-state index is -1.38. The second kappa shape index (κ2) is 9.39. The maximum absolute atomic E-state index is 13.9. The van der Waals surface area contributed by atoms with Crippen molar-refractivity contribution in [3.05, 3.63) is 24.3 Å². The van der Waals surface area contributed by atoms with Gasteiger partial charge in [0.15, 0.2) is 0 Å². The predicted molar refractivity (Wildman–Crippen MR) is 125 cm³/mol. The van der Waals surface area contributed by atoms with Gasteiger partial charge in [0.1, 0.15) is 23.7 Å². The Bertz CT molecular complexity index is 955.